The second-order valence-electron chi connectivity index (χ2n) is 8.97. The second kappa shape index (κ2) is 8.62. The first-order chi connectivity index (χ1) is 15.4. The number of carboxylic acid groups (broad SMARTS) is 1. The van der Waals surface area contributed by atoms with Crippen molar-refractivity contribution in [3.63, 3.8) is 0 Å². The lowest BCUT2D eigenvalue weighted by molar-refractivity contribution is -0.133. The van der Waals surface area contributed by atoms with E-state index >= 15 is 0 Å². The lowest BCUT2D eigenvalue weighted by Gasteiger charge is -2.26. The predicted molar refractivity (Wildman–Crippen MR) is 128 cm³/mol. The fourth-order valence-electron chi connectivity index (χ4n) is 5.22. The van der Waals surface area contributed by atoms with Gasteiger partial charge in [-0.05, 0) is 67.2 Å². The molecule has 3 aliphatic heterocycles. The van der Waals surface area contributed by atoms with Gasteiger partial charge in [-0.3, -0.25) is 0 Å². The highest BCUT2D eigenvalue weighted by atomic mass is 35.5. The summed E-state index contributed by atoms with van der Waals surface area (Å²) in [6, 6.07) is 12.4. The summed E-state index contributed by atoms with van der Waals surface area (Å²) in [4.78, 5) is 14.2. The molecule has 32 heavy (non-hydrogen) atoms. The van der Waals surface area contributed by atoms with E-state index in [2.05, 4.69) is 34.5 Å². The van der Waals surface area contributed by atoms with Crippen molar-refractivity contribution < 1.29 is 14.6 Å². The van der Waals surface area contributed by atoms with Gasteiger partial charge in [-0.25, -0.2) is 4.79 Å². The molecule has 2 aromatic carbocycles. The van der Waals surface area contributed by atoms with Gasteiger partial charge in [-0.2, -0.15) is 0 Å². The average molecular weight is 473 g/mol. The van der Waals surface area contributed by atoms with Crippen molar-refractivity contribution in [2.24, 2.45) is 0 Å². The topological polar surface area (TPSA) is 61.8 Å². The molecule has 2 fully saturated rings. The highest BCUT2D eigenvalue weighted by Crippen LogP contribution is 2.39. The Morgan fingerprint density at radius 2 is 1.84 bits per heavy atom. The molecule has 5 rings (SSSR count). The molecule has 7 heteroatoms. The Kier molecular flexibility index (Phi) is 5.82. The van der Waals surface area contributed by atoms with E-state index in [0.717, 1.165) is 61.2 Å². The van der Waals surface area contributed by atoms with Crippen molar-refractivity contribution in [3.05, 3.63) is 63.1 Å². The SMILES string of the molecule is Cc1cc(Cl)c(OC2CCN(c3ccc(C4=C(C(=O)O)[C@H]5CC[C@@H](C4)N5)cc3)C2)c(Cl)c1. The molecule has 2 aromatic rings. The Morgan fingerprint density at radius 1 is 1.12 bits per heavy atom. The monoisotopic (exact) mass is 472 g/mol. The second-order valence-corrected chi connectivity index (χ2v) is 9.79. The van der Waals surface area contributed by atoms with E-state index in [0.29, 0.717) is 27.4 Å². The van der Waals surface area contributed by atoms with Gasteiger partial charge in [0.1, 0.15) is 6.10 Å². The molecule has 3 heterocycles. The number of hydrogen-bond acceptors (Lipinski definition) is 4. The molecular formula is C25H26Cl2N2O3. The van der Waals surface area contributed by atoms with Crippen LogP contribution >= 0.6 is 23.2 Å². The van der Waals surface area contributed by atoms with Gasteiger partial charge in [-0.1, -0.05) is 35.3 Å². The lowest BCUT2D eigenvalue weighted by Crippen LogP contribution is -2.38. The van der Waals surface area contributed by atoms with E-state index in [1.165, 1.54) is 0 Å². The highest BCUT2D eigenvalue weighted by molar-refractivity contribution is 6.37. The molecule has 2 N–H and O–H groups in total. The molecule has 3 aliphatic rings. The first kappa shape index (κ1) is 21.6. The number of hydrogen-bond donors (Lipinski definition) is 2. The summed E-state index contributed by atoms with van der Waals surface area (Å²) < 4.78 is 6.15. The molecule has 0 aliphatic carbocycles. The van der Waals surface area contributed by atoms with Crippen LogP contribution in [0.25, 0.3) is 5.57 Å². The summed E-state index contributed by atoms with van der Waals surface area (Å²) in [5.74, 6) is -0.260. The summed E-state index contributed by atoms with van der Waals surface area (Å²) in [6.45, 7) is 3.58. The normalized spacial score (nSPS) is 24.8. The number of nitrogens with zero attached hydrogens (tertiary/aromatic N) is 1. The largest absolute Gasteiger partial charge is 0.485 e. The average Bonchev–Trinajstić information content (AvgIpc) is 3.37. The summed E-state index contributed by atoms with van der Waals surface area (Å²) >= 11 is 12.7. The number of carboxylic acids is 1. The number of benzene rings is 2. The summed E-state index contributed by atoms with van der Waals surface area (Å²) in [5, 5.41) is 14.3. The van der Waals surface area contributed by atoms with Crippen molar-refractivity contribution in [2.75, 3.05) is 18.0 Å². The van der Waals surface area contributed by atoms with Crippen molar-refractivity contribution in [1.82, 2.24) is 5.32 Å². The molecule has 2 bridgehead atoms. The summed E-state index contributed by atoms with van der Waals surface area (Å²) in [7, 11) is 0. The molecule has 5 nitrogen and oxygen atoms in total. The standard InChI is InChI=1S/C25H26Cl2N2O3/c1-14-10-20(26)24(21(27)11-14)32-18-8-9-29(13-18)17-5-2-15(3-6-17)19-12-16-4-7-22(28-16)23(19)25(30)31/h2-3,5-6,10-11,16,18,22,28H,4,7-9,12-13H2,1H3,(H,30,31)/t16-,18?,22+/m0/s1. The van der Waals surface area contributed by atoms with Crippen molar-refractivity contribution in [3.8, 4) is 5.75 Å². The van der Waals surface area contributed by atoms with Gasteiger partial charge < -0.3 is 20.1 Å². The Labute approximate surface area is 198 Å². The number of nitrogens with one attached hydrogen (secondary N) is 1. The van der Waals surface area contributed by atoms with Crippen molar-refractivity contribution >= 4 is 40.4 Å². The van der Waals surface area contributed by atoms with Crippen molar-refractivity contribution in [2.45, 2.75) is 50.8 Å². The molecule has 0 amide bonds. The number of carbonyl (C=O) groups is 1. The van der Waals surface area contributed by atoms with E-state index in [1.54, 1.807) is 0 Å². The van der Waals surface area contributed by atoms with Crippen LogP contribution in [0.15, 0.2) is 42.0 Å². The third kappa shape index (κ3) is 4.09. The predicted octanol–water partition coefficient (Wildman–Crippen LogP) is 5.32. The molecule has 0 radical (unpaired) electrons. The number of aryl methyl sites for hydroxylation is 1. The van der Waals surface area contributed by atoms with E-state index in [9.17, 15) is 9.90 Å². The molecule has 168 valence electrons. The lowest BCUT2D eigenvalue weighted by atomic mass is 9.89. The Bertz CT molecular complexity index is 1060. The quantitative estimate of drug-likeness (QED) is 0.616. The van der Waals surface area contributed by atoms with Crippen LogP contribution in [0.2, 0.25) is 10.0 Å². The molecule has 1 unspecified atom stereocenters. The van der Waals surface area contributed by atoms with E-state index in [-0.39, 0.29) is 12.1 Å². The van der Waals surface area contributed by atoms with E-state index in [1.807, 2.05) is 19.1 Å². The van der Waals surface area contributed by atoms with Gasteiger partial charge in [0.25, 0.3) is 0 Å². The maximum atomic E-state index is 11.9. The maximum Gasteiger partial charge on any atom is 0.333 e. The van der Waals surface area contributed by atoms with Crippen LogP contribution in [0.3, 0.4) is 0 Å². The van der Waals surface area contributed by atoms with Crippen LogP contribution in [0.1, 0.15) is 36.8 Å². The van der Waals surface area contributed by atoms with Gasteiger partial charge in [0.2, 0.25) is 0 Å². The molecule has 0 spiro atoms. The first-order valence-electron chi connectivity index (χ1n) is 11.1. The van der Waals surface area contributed by atoms with Gasteiger partial charge in [-0.15, -0.1) is 0 Å². The Morgan fingerprint density at radius 3 is 2.53 bits per heavy atom. The number of halogens is 2. The maximum absolute atomic E-state index is 11.9. The zero-order valence-corrected chi connectivity index (χ0v) is 19.4. The Balaban J connectivity index is 1.30. The van der Waals surface area contributed by atoms with Crippen LogP contribution in [0.4, 0.5) is 5.69 Å². The minimum Gasteiger partial charge on any atom is -0.485 e. The first-order valence-corrected chi connectivity index (χ1v) is 11.8. The fourth-order valence-corrected chi connectivity index (χ4v) is 5.91. The molecule has 0 aromatic heterocycles. The molecule has 2 saturated heterocycles. The Hall–Kier alpha value is -2.21. The minimum atomic E-state index is -0.810. The number of ether oxygens (including phenoxy) is 1. The van der Waals surface area contributed by atoms with Gasteiger partial charge in [0.05, 0.1) is 22.2 Å². The summed E-state index contributed by atoms with van der Waals surface area (Å²) in [6.07, 6.45) is 3.60. The molecule has 0 saturated carbocycles. The highest BCUT2D eigenvalue weighted by Gasteiger charge is 2.37. The van der Waals surface area contributed by atoms with Crippen LogP contribution in [0, 0.1) is 6.92 Å². The van der Waals surface area contributed by atoms with E-state index < -0.39 is 5.97 Å². The summed E-state index contributed by atoms with van der Waals surface area (Å²) in [5.41, 5.74) is 4.63. The van der Waals surface area contributed by atoms with Crippen LogP contribution in [-0.4, -0.2) is 42.4 Å². The van der Waals surface area contributed by atoms with Crippen LogP contribution in [0.5, 0.6) is 5.75 Å². The van der Waals surface area contributed by atoms with Crippen LogP contribution < -0.4 is 15.0 Å². The number of fused-ring (bicyclic) bond motifs is 2. The zero-order valence-electron chi connectivity index (χ0n) is 17.9. The smallest absolute Gasteiger partial charge is 0.333 e. The molecule has 3 atom stereocenters. The zero-order chi connectivity index (χ0) is 22.4. The number of rotatable bonds is 5. The van der Waals surface area contributed by atoms with Crippen molar-refractivity contribution in [1.29, 1.82) is 0 Å². The third-order valence-corrected chi connectivity index (χ3v) is 7.31. The van der Waals surface area contributed by atoms with Gasteiger partial charge in [0, 0.05) is 30.7 Å². The van der Waals surface area contributed by atoms with Gasteiger partial charge >= 0.3 is 5.97 Å². The van der Waals surface area contributed by atoms with Crippen LogP contribution in [-0.2, 0) is 4.79 Å². The minimum absolute atomic E-state index is 0.00810. The van der Waals surface area contributed by atoms with Gasteiger partial charge in [0.15, 0.2) is 5.75 Å². The fraction of sp³-hybridized carbons (Fsp3) is 0.400. The van der Waals surface area contributed by atoms with E-state index in [4.69, 9.17) is 27.9 Å². The number of aliphatic carboxylic acids is 1. The third-order valence-electron chi connectivity index (χ3n) is 6.75. The molecular weight excluding hydrogens is 447 g/mol. The number of anilines is 1.